The summed E-state index contributed by atoms with van der Waals surface area (Å²) in [6.45, 7) is 1.97. The lowest BCUT2D eigenvalue weighted by Crippen LogP contribution is -2.19. The Morgan fingerprint density at radius 2 is 1.96 bits per heavy atom. The number of benzene rings is 2. The Morgan fingerprint density at radius 3 is 2.70 bits per heavy atom. The second-order valence-corrected chi connectivity index (χ2v) is 5.19. The highest BCUT2D eigenvalue weighted by atomic mass is 16.5. The van der Waals surface area contributed by atoms with E-state index in [1.54, 1.807) is 18.3 Å². The number of aromatic carboxylic acids is 1. The normalized spacial score (nSPS) is 16.4. The average molecular weight is 308 g/mol. The van der Waals surface area contributed by atoms with Gasteiger partial charge >= 0.3 is 5.97 Å². The number of fused-ring (bicyclic) bond motifs is 1. The number of hydrogen-bond acceptors (Lipinski definition) is 4. The van der Waals surface area contributed by atoms with Crippen LogP contribution in [-0.4, -0.2) is 23.4 Å². The van der Waals surface area contributed by atoms with Gasteiger partial charge in [0.15, 0.2) is 0 Å². The molecule has 0 saturated carbocycles. The summed E-state index contributed by atoms with van der Waals surface area (Å²) in [6, 6.07) is 14.2. The SMILES string of the molecule is CC1Oc2ccccc2C=C1C=NNc1ccc(C(=O)O)cc1. The molecular weight excluding hydrogens is 292 g/mol. The summed E-state index contributed by atoms with van der Waals surface area (Å²) >= 11 is 0. The van der Waals surface area contributed by atoms with Gasteiger partial charge < -0.3 is 9.84 Å². The van der Waals surface area contributed by atoms with E-state index in [2.05, 4.69) is 10.5 Å². The van der Waals surface area contributed by atoms with Crippen molar-refractivity contribution in [3.63, 3.8) is 0 Å². The fourth-order valence-corrected chi connectivity index (χ4v) is 2.27. The molecule has 0 fully saturated rings. The predicted molar refractivity (Wildman–Crippen MR) is 90.0 cm³/mol. The summed E-state index contributed by atoms with van der Waals surface area (Å²) in [6.07, 6.45) is 3.68. The molecule has 0 saturated heterocycles. The molecule has 0 radical (unpaired) electrons. The number of carboxylic acid groups (broad SMARTS) is 1. The number of carbonyl (C=O) groups is 1. The lowest BCUT2D eigenvalue weighted by atomic mass is 10.0. The van der Waals surface area contributed by atoms with Gasteiger partial charge in [-0.2, -0.15) is 5.10 Å². The Bertz CT molecular complexity index is 779. The maximum atomic E-state index is 10.8. The summed E-state index contributed by atoms with van der Waals surface area (Å²) in [5.41, 5.74) is 5.83. The van der Waals surface area contributed by atoms with E-state index >= 15 is 0 Å². The standard InChI is InChI=1S/C18H16N2O3/c1-12-15(10-14-4-2-3-5-17(14)23-12)11-19-20-16-8-6-13(7-9-16)18(21)22/h2-12,20H,1H3,(H,21,22). The van der Waals surface area contributed by atoms with Crippen LogP contribution in [0.1, 0.15) is 22.8 Å². The second-order valence-electron chi connectivity index (χ2n) is 5.19. The topological polar surface area (TPSA) is 70.9 Å². The zero-order chi connectivity index (χ0) is 16.2. The van der Waals surface area contributed by atoms with Crippen molar-refractivity contribution >= 4 is 23.9 Å². The Morgan fingerprint density at radius 1 is 1.22 bits per heavy atom. The van der Waals surface area contributed by atoms with Crippen molar-refractivity contribution in [1.82, 2.24) is 0 Å². The number of hydrogen-bond donors (Lipinski definition) is 2. The first kappa shape index (κ1) is 14.8. The van der Waals surface area contributed by atoms with Gasteiger partial charge in [0.05, 0.1) is 17.5 Å². The Kier molecular flexibility index (Phi) is 4.10. The lowest BCUT2D eigenvalue weighted by molar-refractivity contribution is 0.0697. The van der Waals surface area contributed by atoms with Gasteiger partial charge in [0.1, 0.15) is 11.9 Å². The van der Waals surface area contributed by atoms with Gasteiger partial charge in [-0.15, -0.1) is 0 Å². The summed E-state index contributed by atoms with van der Waals surface area (Å²) in [5, 5.41) is 13.1. The molecule has 2 aromatic rings. The van der Waals surface area contributed by atoms with Crippen molar-refractivity contribution in [2.75, 3.05) is 5.43 Å². The predicted octanol–water partition coefficient (Wildman–Crippen LogP) is 3.65. The van der Waals surface area contributed by atoms with Crippen LogP contribution in [-0.2, 0) is 0 Å². The van der Waals surface area contributed by atoms with Gasteiger partial charge in [-0.25, -0.2) is 4.79 Å². The van der Waals surface area contributed by atoms with Crippen LogP contribution in [0.3, 0.4) is 0 Å². The highest BCUT2D eigenvalue weighted by Crippen LogP contribution is 2.28. The lowest BCUT2D eigenvalue weighted by Gasteiger charge is -2.22. The van der Waals surface area contributed by atoms with Gasteiger partial charge in [0.2, 0.25) is 0 Å². The Balaban J connectivity index is 1.70. The first-order valence-electron chi connectivity index (χ1n) is 7.23. The number of ether oxygens (including phenoxy) is 1. The first-order valence-corrected chi connectivity index (χ1v) is 7.23. The number of nitrogens with zero attached hydrogens (tertiary/aromatic N) is 1. The fourth-order valence-electron chi connectivity index (χ4n) is 2.27. The van der Waals surface area contributed by atoms with Gasteiger partial charge in [0.25, 0.3) is 0 Å². The molecule has 1 heterocycles. The van der Waals surface area contributed by atoms with E-state index in [4.69, 9.17) is 9.84 Å². The summed E-state index contributed by atoms with van der Waals surface area (Å²) < 4.78 is 5.84. The van der Waals surface area contributed by atoms with Crippen LogP contribution in [0.15, 0.2) is 59.2 Å². The van der Waals surface area contributed by atoms with Gasteiger partial charge in [-0.05, 0) is 43.3 Å². The molecule has 1 aliphatic rings. The third-order valence-corrected chi connectivity index (χ3v) is 3.55. The van der Waals surface area contributed by atoms with E-state index in [1.165, 1.54) is 12.1 Å². The van der Waals surface area contributed by atoms with E-state index in [0.29, 0.717) is 0 Å². The molecule has 0 bridgehead atoms. The number of para-hydroxylation sites is 1. The van der Waals surface area contributed by atoms with Crippen LogP contribution in [0.4, 0.5) is 5.69 Å². The minimum absolute atomic E-state index is 0.0789. The Labute approximate surface area is 133 Å². The van der Waals surface area contributed by atoms with Crippen LogP contribution in [0.2, 0.25) is 0 Å². The molecule has 0 amide bonds. The van der Waals surface area contributed by atoms with Crippen molar-refractivity contribution in [1.29, 1.82) is 0 Å². The Hall–Kier alpha value is -3.08. The third kappa shape index (κ3) is 3.40. The average Bonchev–Trinajstić information content (AvgIpc) is 2.56. The molecule has 116 valence electrons. The molecular formula is C18H16N2O3. The van der Waals surface area contributed by atoms with E-state index in [9.17, 15) is 4.79 Å². The van der Waals surface area contributed by atoms with Gasteiger partial charge in [-0.1, -0.05) is 18.2 Å². The molecule has 0 aliphatic carbocycles. The molecule has 5 heteroatoms. The summed E-state index contributed by atoms with van der Waals surface area (Å²) in [5.74, 6) is -0.0774. The van der Waals surface area contributed by atoms with Crippen LogP contribution in [0.5, 0.6) is 5.75 Å². The third-order valence-electron chi connectivity index (χ3n) is 3.55. The van der Waals surface area contributed by atoms with Crippen molar-refractivity contribution in [2.24, 2.45) is 5.10 Å². The van der Waals surface area contributed by atoms with Gasteiger partial charge in [0, 0.05) is 11.1 Å². The van der Waals surface area contributed by atoms with Crippen LogP contribution in [0, 0.1) is 0 Å². The van der Waals surface area contributed by atoms with Crippen LogP contribution in [0.25, 0.3) is 6.08 Å². The van der Waals surface area contributed by atoms with Gasteiger partial charge in [-0.3, -0.25) is 5.43 Å². The maximum Gasteiger partial charge on any atom is 0.335 e. The molecule has 5 nitrogen and oxygen atoms in total. The number of rotatable bonds is 4. The molecule has 2 N–H and O–H groups in total. The van der Waals surface area contributed by atoms with E-state index in [1.807, 2.05) is 37.3 Å². The smallest absolute Gasteiger partial charge is 0.335 e. The number of anilines is 1. The molecule has 1 unspecified atom stereocenters. The fraction of sp³-hybridized carbons (Fsp3) is 0.111. The van der Waals surface area contributed by atoms with Crippen molar-refractivity contribution in [3.8, 4) is 5.75 Å². The van der Waals surface area contributed by atoms with E-state index < -0.39 is 5.97 Å². The minimum atomic E-state index is -0.947. The highest BCUT2D eigenvalue weighted by molar-refractivity contribution is 5.89. The molecule has 23 heavy (non-hydrogen) atoms. The van der Waals surface area contributed by atoms with E-state index in [0.717, 1.165) is 22.6 Å². The molecule has 1 atom stereocenters. The van der Waals surface area contributed by atoms with Crippen molar-refractivity contribution < 1.29 is 14.6 Å². The summed E-state index contributed by atoms with van der Waals surface area (Å²) in [4.78, 5) is 10.8. The molecule has 2 aromatic carbocycles. The van der Waals surface area contributed by atoms with Crippen LogP contribution >= 0.6 is 0 Å². The molecule has 1 aliphatic heterocycles. The van der Waals surface area contributed by atoms with E-state index in [-0.39, 0.29) is 11.7 Å². The number of hydrazone groups is 1. The zero-order valence-corrected chi connectivity index (χ0v) is 12.6. The molecule has 0 spiro atoms. The molecule has 0 aromatic heterocycles. The van der Waals surface area contributed by atoms with Crippen molar-refractivity contribution in [3.05, 3.63) is 65.2 Å². The molecule has 3 rings (SSSR count). The second kappa shape index (κ2) is 6.36. The first-order chi connectivity index (χ1) is 11.1. The maximum absolute atomic E-state index is 10.8. The highest BCUT2D eigenvalue weighted by Gasteiger charge is 2.16. The van der Waals surface area contributed by atoms with Crippen molar-refractivity contribution in [2.45, 2.75) is 13.0 Å². The largest absolute Gasteiger partial charge is 0.485 e. The number of nitrogens with one attached hydrogen (secondary N) is 1. The zero-order valence-electron chi connectivity index (χ0n) is 12.6. The summed E-state index contributed by atoms with van der Waals surface area (Å²) in [7, 11) is 0. The quantitative estimate of drug-likeness (QED) is 0.668. The monoisotopic (exact) mass is 308 g/mol. The number of carboxylic acids is 1. The minimum Gasteiger partial charge on any atom is -0.485 e. The van der Waals surface area contributed by atoms with Crippen LogP contribution < -0.4 is 10.2 Å².